The third-order valence-electron chi connectivity index (χ3n) is 3.06. The smallest absolute Gasteiger partial charge is 0.338 e. The van der Waals surface area contributed by atoms with Crippen molar-refractivity contribution in [3.8, 4) is 0 Å². The number of ether oxygens (including phenoxy) is 1. The Kier molecular flexibility index (Phi) is 4.62. The third kappa shape index (κ3) is 4.08. The minimum Gasteiger partial charge on any atom is -0.459 e. The summed E-state index contributed by atoms with van der Waals surface area (Å²) in [6.07, 6.45) is 1.89. The second kappa shape index (κ2) is 6.43. The lowest BCUT2D eigenvalue weighted by Gasteiger charge is -2.09. The molecule has 0 aliphatic carbocycles. The summed E-state index contributed by atoms with van der Waals surface area (Å²) in [5.41, 5.74) is 3.69. The van der Waals surface area contributed by atoms with Crippen LogP contribution in [0.4, 0.5) is 5.69 Å². The zero-order chi connectivity index (χ0) is 15.4. The summed E-state index contributed by atoms with van der Waals surface area (Å²) in [7, 11) is 1.91. The van der Waals surface area contributed by atoms with E-state index in [9.17, 15) is 4.79 Å². The summed E-state index contributed by atoms with van der Waals surface area (Å²) in [4.78, 5) is 11.7. The van der Waals surface area contributed by atoms with Crippen LogP contribution < -0.4 is 5.32 Å². The fourth-order valence-corrected chi connectivity index (χ4v) is 2.03. The fraction of sp³-hybridized carbons (Fsp3) is 0.375. The maximum Gasteiger partial charge on any atom is 0.338 e. The van der Waals surface area contributed by atoms with Gasteiger partial charge in [0.15, 0.2) is 0 Å². The minimum atomic E-state index is -0.292. The summed E-state index contributed by atoms with van der Waals surface area (Å²) >= 11 is 0. The monoisotopic (exact) mass is 287 g/mol. The Balaban J connectivity index is 1.96. The predicted octanol–water partition coefficient (Wildman–Crippen LogP) is 2.91. The number of hydrogen-bond donors (Lipinski definition) is 1. The van der Waals surface area contributed by atoms with Gasteiger partial charge in [-0.3, -0.25) is 4.68 Å². The molecule has 1 aromatic heterocycles. The van der Waals surface area contributed by atoms with Gasteiger partial charge >= 0.3 is 5.97 Å². The first kappa shape index (κ1) is 15.1. The van der Waals surface area contributed by atoms with Crippen LogP contribution in [0, 0.1) is 6.92 Å². The molecule has 0 bridgehead atoms. The Hall–Kier alpha value is -2.30. The van der Waals surface area contributed by atoms with E-state index in [0.29, 0.717) is 12.1 Å². The van der Waals surface area contributed by atoms with Gasteiger partial charge in [-0.25, -0.2) is 4.79 Å². The molecule has 0 saturated carbocycles. The van der Waals surface area contributed by atoms with Crippen molar-refractivity contribution in [2.75, 3.05) is 5.32 Å². The first-order valence-corrected chi connectivity index (χ1v) is 6.99. The lowest BCUT2D eigenvalue weighted by Crippen LogP contribution is -2.11. The summed E-state index contributed by atoms with van der Waals surface area (Å²) < 4.78 is 6.96. The van der Waals surface area contributed by atoms with E-state index in [1.165, 1.54) is 0 Å². The van der Waals surface area contributed by atoms with Crippen molar-refractivity contribution in [3.63, 3.8) is 0 Å². The summed E-state index contributed by atoms with van der Waals surface area (Å²) in [6, 6.07) is 7.29. The van der Waals surface area contributed by atoms with Gasteiger partial charge in [-0.05, 0) is 45.0 Å². The van der Waals surface area contributed by atoms with Crippen LogP contribution in [0.15, 0.2) is 30.5 Å². The van der Waals surface area contributed by atoms with Crippen LogP contribution in [0.1, 0.15) is 35.5 Å². The number of carbonyl (C=O) groups is 1. The fourth-order valence-electron chi connectivity index (χ4n) is 2.03. The zero-order valence-electron chi connectivity index (χ0n) is 12.9. The number of rotatable bonds is 5. The molecule has 0 fully saturated rings. The topological polar surface area (TPSA) is 56.2 Å². The van der Waals surface area contributed by atoms with Gasteiger partial charge in [0, 0.05) is 31.0 Å². The van der Waals surface area contributed by atoms with E-state index in [0.717, 1.165) is 16.9 Å². The lowest BCUT2D eigenvalue weighted by molar-refractivity contribution is 0.0378. The second-order valence-electron chi connectivity index (χ2n) is 5.30. The van der Waals surface area contributed by atoms with Gasteiger partial charge in [0.2, 0.25) is 0 Å². The van der Waals surface area contributed by atoms with Gasteiger partial charge in [-0.1, -0.05) is 0 Å². The first-order chi connectivity index (χ1) is 9.95. The SMILES string of the molecule is Cc1nn(C)cc1CNc1ccc(C(=O)OC(C)C)cc1. The molecule has 5 nitrogen and oxygen atoms in total. The molecule has 2 rings (SSSR count). The number of hydrogen-bond acceptors (Lipinski definition) is 4. The zero-order valence-corrected chi connectivity index (χ0v) is 12.9. The highest BCUT2D eigenvalue weighted by Gasteiger charge is 2.09. The Bertz CT molecular complexity index is 615. The molecular formula is C16H21N3O2. The van der Waals surface area contributed by atoms with Crippen molar-refractivity contribution in [1.82, 2.24) is 9.78 Å². The number of carbonyl (C=O) groups excluding carboxylic acids is 1. The summed E-state index contributed by atoms with van der Waals surface area (Å²) in [6.45, 7) is 6.37. The Morgan fingerprint density at radius 1 is 1.33 bits per heavy atom. The number of aromatic nitrogens is 2. The van der Waals surface area contributed by atoms with Crippen molar-refractivity contribution >= 4 is 11.7 Å². The van der Waals surface area contributed by atoms with Gasteiger partial charge in [0.05, 0.1) is 17.4 Å². The van der Waals surface area contributed by atoms with E-state index >= 15 is 0 Å². The molecule has 0 unspecified atom stereocenters. The molecule has 0 saturated heterocycles. The Labute approximate surface area is 124 Å². The lowest BCUT2D eigenvalue weighted by atomic mass is 10.2. The molecule has 0 aliphatic heterocycles. The van der Waals surface area contributed by atoms with Gasteiger partial charge in [-0.2, -0.15) is 5.10 Å². The van der Waals surface area contributed by atoms with Crippen LogP contribution in [0.5, 0.6) is 0 Å². The molecule has 0 spiro atoms. The number of nitrogens with zero attached hydrogens (tertiary/aromatic N) is 2. The average molecular weight is 287 g/mol. The van der Waals surface area contributed by atoms with Crippen molar-refractivity contribution in [2.24, 2.45) is 7.05 Å². The first-order valence-electron chi connectivity index (χ1n) is 6.99. The highest BCUT2D eigenvalue weighted by molar-refractivity contribution is 5.89. The minimum absolute atomic E-state index is 0.108. The molecule has 21 heavy (non-hydrogen) atoms. The van der Waals surface area contributed by atoms with E-state index < -0.39 is 0 Å². The van der Waals surface area contributed by atoms with Crippen LogP contribution in [0.25, 0.3) is 0 Å². The largest absolute Gasteiger partial charge is 0.459 e. The highest BCUT2D eigenvalue weighted by Crippen LogP contribution is 2.13. The van der Waals surface area contributed by atoms with E-state index in [1.807, 2.05) is 46.1 Å². The van der Waals surface area contributed by atoms with E-state index in [1.54, 1.807) is 16.8 Å². The molecule has 5 heteroatoms. The van der Waals surface area contributed by atoms with Gasteiger partial charge in [0.1, 0.15) is 0 Å². The molecule has 112 valence electrons. The number of anilines is 1. The van der Waals surface area contributed by atoms with Crippen molar-refractivity contribution in [2.45, 2.75) is 33.4 Å². The number of nitrogens with one attached hydrogen (secondary N) is 1. The van der Waals surface area contributed by atoms with Crippen LogP contribution in [0.3, 0.4) is 0 Å². The van der Waals surface area contributed by atoms with E-state index in [2.05, 4.69) is 10.4 Å². The maximum absolute atomic E-state index is 11.7. The van der Waals surface area contributed by atoms with E-state index in [4.69, 9.17) is 4.74 Å². The van der Waals surface area contributed by atoms with Gasteiger partial charge in [0.25, 0.3) is 0 Å². The molecule has 0 aliphatic rings. The van der Waals surface area contributed by atoms with E-state index in [-0.39, 0.29) is 12.1 Å². The second-order valence-corrected chi connectivity index (χ2v) is 5.30. The van der Waals surface area contributed by atoms with Gasteiger partial charge < -0.3 is 10.1 Å². The quantitative estimate of drug-likeness (QED) is 0.859. The van der Waals surface area contributed by atoms with Gasteiger partial charge in [-0.15, -0.1) is 0 Å². The van der Waals surface area contributed by atoms with Crippen molar-refractivity contribution in [3.05, 3.63) is 47.3 Å². The number of aryl methyl sites for hydroxylation is 2. The van der Waals surface area contributed by atoms with Crippen molar-refractivity contribution in [1.29, 1.82) is 0 Å². The summed E-state index contributed by atoms with van der Waals surface area (Å²) in [5.74, 6) is -0.292. The van der Waals surface area contributed by atoms with Crippen LogP contribution in [-0.2, 0) is 18.3 Å². The highest BCUT2D eigenvalue weighted by atomic mass is 16.5. The molecule has 0 radical (unpaired) electrons. The third-order valence-corrected chi connectivity index (χ3v) is 3.06. The standard InChI is InChI=1S/C16H21N3O2/c1-11(2)21-16(20)13-5-7-15(8-6-13)17-9-14-10-19(4)18-12(14)3/h5-8,10-11,17H,9H2,1-4H3. The van der Waals surface area contributed by atoms with Crippen LogP contribution in [0.2, 0.25) is 0 Å². The van der Waals surface area contributed by atoms with Crippen LogP contribution in [-0.4, -0.2) is 21.9 Å². The molecular weight excluding hydrogens is 266 g/mol. The average Bonchev–Trinajstić information content (AvgIpc) is 2.74. The number of benzene rings is 1. The normalized spacial score (nSPS) is 10.7. The molecule has 1 heterocycles. The van der Waals surface area contributed by atoms with Crippen molar-refractivity contribution < 1.29 is 9.53 Å². The summed E-state index contributed by atoms with van der Waals surface area (Å²) in [5, 5.41) is 7.62. The molecule has 1 aromatic carbocycles. The van der Waals surface area contributed by atoms with Crippen LogP contribution >= 0.6 is 0 Å². The molecule has 1 N–H and O–H groups in total. The molecule has 2 aromatic rings. The Morgan fingerprint density at radius 3 is 2.52 bits per heavy atom. The molecule has 0 amide bonds. The Morgan fingerprint density at radius 2 is 2.00 bits per heavy atom. The maximum atomic E-state index is 11.7. The molecule has 0 atom stereocenters. The predicted molar refractivity (Wildman–Crippen MR) is 82.3 cm³/mol. The number of esters is 1.